The van der Waals surface area contributed by atoms with Gasteiger partial charge in [-0.25, -0.2) is 0 Å². The molecule has 16 heavy (non-hydrogen) atoms. The molecule has 1 saturated carbocycles. The number of aromatic nitrogens is 2. The summed E-state index contributed by atoms with van der Waals surface area (Å²) < 4.78 is 0. The predicted molar refractivity (Wildman–Crippen MR) is 61.3 cm³/mol. The lowest BCUT2D eigenvalue weighted by molar-refractivity contribution is 0.0766. The standard InChI is InChI=1S/C12H17N3O/c1-3-15(4-2)12(16)11-8-7-10(13-14-11)9-5-6-9/h7-9H,3-6H2,1-2H3. The average molecular weight is 219 g/mol. The van der Waals surface area contributed by atoms with Crippen molar-refractivity contribution in [3.63, 3.8) is 0 Å². The minimum Gasteiger partial charge on any atom is -0.338 e. The summed E-state index contributed by atoms with van der Waals surface area (Å²) in [5.74, 6) is 0.560. The Bertz CT molecular complexity index is 366. The Kier molecular flexibility index (Phi) is 3.17. The lowest BCUT2D eigenvalue weighted by Crippen LogP contribution is -2.31. The Hall–Kier alpha value is -1.45. The van der Waals surface area contributed by atoms with Crippen molar-refractivity contribution in [2.24, 2.45) is 0 Å². The molecule has 4 heteroatoms. The molecule has 0 bridgehead atoms. The maximum Gasteiger partial charge on any atom is 0.274 e. The van der Waals surface area contributed by atoms with Crippen LogP contribution in [-0.2, 0) is 0 Å². The topological polar surface area (TPSA) is 46.1 Å². The van der Waals surface area contributed by atoms with Gasteiger partial charge in [0.2, 0.25) is 0 Å². The van der Waals surface area contributed by atoms with Crippen molar-refractivity contribution in [1.82, 2.24) is 15.1 Å². The van der Waals surface area contributed by atoms with E-state index in [-0.39, 0.29) is 5.91 Å². The van der Waals surface area contributed by atoms with Crippen molar-refractivity contribution < 1.29 is 4.79 Å². The summed E-state index contributed by atoms with van der Waals surface area (Å²) in [6.07, 6.45) is 2.41. The van der Waals surface area contributed by atoms with Crippen molar-refractivity contribution in [3.05, 3.63) is 23.5 Å². The zero-order valence-electron chi connectivity index (χ0n) is 9.81. The Morgan fingerprint density at radius 1 is 1.31 bits per heavy atom. The number of carbonyl (C=O) groups is 1. The molecule has 0 unspecified atom stereocenters. The minimum atomic E-state index is -0.0279. The molecular formula is C12H17N3O. The van der Waals surface area contributed by atoms with Crippen LogP contribution in [-0.4, -0.2) is 34.1 Å². The molecule has 86 valence electrons. The number of hydrogen-bond donors (Lipinski definition) is 0. The molecule has 2 rings (SSSR count). The zero-order chi connectivity index (χ0) is 11.5. The van der Waals surface area contributed by atoms with Crippen LogP contribution in [0.25, 0.3) is 0 Å². The maximum atomic E-state index is 11.9. The SMILES string of the molecule is CCN(CC)C(=O)c1ccc(C2CC2)nn1. The van der Waals surface area contributed by atoms with Gasteiger partial charge >= 0.3 is 0 Å². The monoisotopic (exact) mass is 219 g/mol. The number of nitrogens with zero attached hydrogens (tertiary/aromatic N) is 3. The molecule has 1 fully saturated rings. The third kappa shape index (κ3) is 2.21. The largest absolute Gasteiger partial charge is 0.338 e. The van der Waals surface area contributed by atoms with Gasteiger partial charge in [-0.15, -0.1) is 5.10 Å². The van der Waals surface area contributed by atoms with Gasteiger partial charge in [0, 0.05) is 19.0 Å². The van der Waals surface area contributed by atoms with E-state index in [1.165, 1.54) is 12.8 Å². The molecule has 4 nitrogen and oxygen atoms in total. The van der Waals surface area contributed by atoms with E-state index in [4.69, 9.17) is 0 Å². The Labute approximate surface area is 95.7 Å². The zero-order valence-corrected chi connectivity index (χ0v) is 9.81. The highest BCUT2D eigenvalue weighted by molar-refractivity contribution is 5.92. The van der Waals surface area contributed by atoms with Crippen LogP contribution < -0.4 is 0 Å². The summed E-state index contributed by atoms with van der Waals surface area (Å²) in [6, 6.07) is 3.72. The Balaban J connectivity index is 2.10. The van der Waals surface area contributed by atoms with Crippen molar-refractivity contribution in [2.75, 3.05) is 13.1 Å². The third-order valence-electron chi connectivity index (χ3n) is 2.95. The quantitative estimate of drug-likeness (QED) is 0.776. The van der Waals surface area contributed by atoms with Gasteiger partial charge in [-0.1, -0.05) is 0 Å². The first-order chi connectivity index (χ1) is 7.76. The Morgan fingerprint density at radius 2 is 2.00 bits per heavy atom. The number of carbonyl (C=O) groups excluding carboxylic acids is 1. The van der Waals surface area contributed by atoms with E-state index in [1.54, 1.807) is 11.0 Å². The average Bonchev–Trinajstić information content (AvgIpc) is 3.15. The van der Waals surface area contributed by atoms with Crippen molar-refractivity contribution in [2.45, 2.75) is 32.6 Å². The molecule has 0 spiro atoms. The van der Waals surface area contributed by atoms with Crippen LogP contribution in [0.2, 0.25) is 0 Å². The minimum absolute atomic E-state index is 0.0279. The van der Waals surface area contributed by atoms with Crippen LogP contribution in [0.5, 0.6) is 0 Å². The fourth-order valence-corrected chi connectivity index (χ4v) is 1.73. The van der Waals surface area contributed by atoms with E-state index in [0.717, 1.165) is 5.69 Å². The number of rotatable bonds is 4. The molecule has 1 aliphatic rings. The first kappa shape index (κ1) is 11.0. The van der Waals surface area contributed by atoms with E-state index in [0.29, 0.717) is 24.7 Å². The fourth-order valence-electron chi connectivity index (χ4n) is 1.73. The van der Waals surface area contributed by atoms with Crippen molar-refractivity contribution >= 4 is 5.91 Å². The summed E-state index contributed by atoms with van der Waals surface area (Å²) in [7, 11) is 0. The van der Waals surface area contributed by atoms with Crippen LogP contribution in [0.1, 0.15) is 48.8 Å². The molecule has 0 atom stereocenters. The molecule has 1 aromatic heterocycles. The summed E-state index contributed by atoms with van der Waals surface area (Å²) in [4.78, 5) is 13.7. The second-order valence-electron chi connectivity index (χ2n) is 4.10. The van der Waals surface area contributed by atoms with Crippen LogP contribution in [0, 0.1) is 0 Å². The first-order valence-electron chi connectivity index (χ1n) is 5.89. The summed E-state index contributed by atoms with van der Waals surface area (Å²) in [6.45, 7) is 5.35. The van der Waals surface area contributed by atoms with Gasteiger partial charge in [-0.2, -0.15) is 5.10 Å². The van der Waals surface area contributed by atoms with Crippen LogP contribution in [0.3, 0.4) is 0 Å². The Morgan fingerprint density at radius 3 is 2.44 bits per heavy atom. The molecule has 1 aromatic rings. The lowest BCUT2D eigenvalue weighted by Gasteiger charge is -2.17. The van der Waals surface area contributed by atoms with Gasteiger partial charge in [0.25, 0.3) is 5.91 Å². The molecule has 0 radical (unpaired) electrons. The van der Waals surface area contributed by atoms with Crippen LogP contribution in [0.15, 0.2) is 12.1 Å². The van der Waals surface area contributed by atoms with Gasteiger partial charge in [0.15, 0.2) is 5.69 Å². The van der Waals surface area contributed by atoms with Gasteiger partial charge in [0.1, 0.15) is 0 Å². The van der Waals surface area contributed by atoms with E-state index in [9.17, 15) is 4.79 Å². The maximum absolute atomic E-state index is 11.9. The van der Waals surface area contributed by atoms with Crippen molar-refractivity contribution in [3.8, 4) is 0 Å². The first-order valence-corrected chi connectivity index (χ1v) is 5.89. The molecule has 1 aliphatic carbocycles. The van der Waals surface area contributed by atoms with E-state index in [2.05, 4.69) is 10.2 Å². The second-order valence-corrected chi connectivity index (χ2v) is 4.10. The van der Waals surface area contributed by atoms with Crippen LogP contribution in [0.4, 0.5) is 0 Å². The summed E-state index contributed by atoms with van der Waals surface area (Å²) in [5.41, 5.74) is 1.48. The second kappa shape index (κ2) is 4.60. The van der Waals surface area contributed by atoms with Crippen LogP contribution >= 0.6 is 0 Å². The predicted octanol–water partition coefficient (Wildman–Crippen LogP) is 1.84. The highest BCUT2D eigenvalue weighted by Crippen LogP contribution is 2.38. The van der Waals surface area contributed by atoms with E-state index in [1.807, 2.05) is 19.9 Å². The highest BCUT2D eigenvalue weighted by atomic mass is 16.2. The lowest BCUT2D eigenvalue weighted by atomic mass is 10.2. The van der Waals surface area contributed by atoms with Crippen molar-refractivity contribution in [1.29, 1.82) is 0 Å². The summed E-state index contributed by atoms with van der Waals surface area (Å²) >= 11 is 0. The fraction of sp³-hybridized carbons (Fsp3) is 0.583. The number of hydrogen-bond acceptors (Lipinski definition) is 3. The molecule has 0 aliphatic heterocycles. The van der Waals surface area contributed by atoms with Gasteiger partial charge < -0.3 is 4.90 Å². The normalized spacial score (nSPS) is 14.9. The smallest absolute Gasteiger partial charge is 0.274 e. The summed E-state index contributed by atoms with van der Waals surface area (Å²) in [5, 5.41) is 8.13. The van der Waals surface area contributed by atoms with E-state index < -0.39 is 0 Å². The van der Waals surface area contributed by atoms with Gasteiger partial charge in [-0.3, -0.25) is 4.79 Å². The molecule has 1 amide bonds. The number of amides is 1. The molecular weight excluding hydrogens is 202 g/mol. The van der Waals surface area contributed by atoms with Gasteiger partial charge in [0.05, 0.1) is 5.69 Å². The van der Waals surface area contributed by atoms with Gasteiger partial charge in [-0.05, 0) is 38.8 Å². The molecule has 0 N–H and O–H groups in total. The third-order valence-corrected chi connectivity index (χ3v) is 2.95. The molecule has 0 aromatic carbocycles. The highest BCUT2D eigenvalue weighted by Gasteiger charge is 2.25. The molecule has 1 heterocycles. The molecule has 0 saturated heterocycles. The van der Waals surface area contributed by atoms with E-state index >= 15 is 0 Å².